The average Bonchev–Trinajstić information content (AvgIpc) is 2.98. The van der Waals surface area contributed by atoms with Crippen molar-refractivity contribution in [3.05, 3.63) is 12.4 Å². The summed E-state index contributed by atoms with van der Waals surface area (Å²) in [4.78, 5) is 24.3. The third-order valence-electron chi connectivity index (χ3n) is 4.50. The number of carbonyl (C=O) groups is 1. The van der Waals surface area contributed by atoms with E-state index < -0.39 is 0 Å². The molecular formula is C15H23N5OS. The van der Waals surface area contributed by atoms with Crippen LogP contribution in [0, 0.1) is 0 Å². The predicted octanol–water partition coefficient (Wildman–Crippen LogP) is 1.45. The molecule has 6 nitrogen and oxygen atoms in total. The lowest BCUT2D eigenvalue weighted by Crippen LogP contribution is -2.48. The third kappa shape index (κ3) is 3.45. The van der Waals surface area contributed by atoms with Gasteiger partial charge >= 0.3 is 0 Å². The van der Waals surface area contributed by atoms with Crippen molar-refractivity contribution in [3.63, 3.8) is 0 Å². The Morgan fingerprint density at radius 1 is 1.32 bits per heavy atom. The number of likely N-dealkylation sites (N-methyl/N-ethyl adjacent to an activating group) is 1. The molecule has 2 aliphatic rings. The molecular weight excluding hydrogens is 298 g/mol. The van der Waals surface area contributed by atoms with Gasteiger partial charge in [0.15, 0.2) is 0 Å². The fourth-order valence-electron chi connectivity index (χ4n) is 3.05. The minimum atomic E-state index is 0.137. The molecule has 1 aromatic heterocycles. The van der Waals surface area contributed by atoms with E-state index in [0.29, 0.717) is 12.6 Å². The molecule has 2 atom stereocenters. The van der Waals surface area contributed by atoms with E-state index in [-0.39, 0.29) is 5.91 Å². The zero-order valence-corrected chi connectivity index (χ0v) is 14.0. The van der Waals surface area contributed by atoms with Gasteiger partial charge in [-0.15, -0.1) is 0 Å². The van der Waals surface area contributed by atoms with Crippen LogP contribution in [0.25, 0.3) is 0 Å². The van der Waals surface area contributed by atoms with Crippen molar-refractivity contribution in [2.24, 2.45) is 0 Å². The minimum absolute atomic E-state index is 0.137. The molecule has 0 radical (unpaired) electrons. The first-order chi connectivity index (χ1) is 10.7. The molecule has 1 aromatic rings. The fraction of sp³-hybridized carbons (Fsp3) is 0.667. The summed E-state index contributed by atoms with van der Waals surface area (Å²) in [6, 6.07) is 2.46. The van der Waals surface area contributed by atoms with Gasteiger partial charge in [0, 0.05) is 37.5 Å². The number of hydrogen-bond donors (Lipinski definition) is 1. The number of anilines is 2. The summed E-state index contributed by atoms with van der Waals surface area (Å²) in [7, 11) is 1.84. The summed E-state index contributed by atoms with van der Waals surface area (Å²) in [5.74, 6) is 1.83. The highest BCUT2D eigenvalue weighted by Crippen LogP contribution is 2.30. The number of aromatic nitrogens is 2. The number of thioether (sulfide) groups is 1. The van der Waals surface area contributed by atoms with Crippen LogP contribution in [0.15, 0.2) is 12.4 Å². The molecule has 0 aromatic carbocycles. The van der Waals surface area contributed by atoms with Gasteiger partial charge in [-0.3, -0.25) is 4.79 Å². The van der Waals surface area contributed by atoms with Gasteiger partial charge in [0.05, 0.1) is 6.54 Å². The van der Waals surface area contributed by atoms with Gasteiger partial charge in [0.1, 0.15) is 18.0 Å². The predicted molar refractivity (Wildman–Crippen MR) is 90.4 cm³/mol. The zero-order chi connectivity index (χ0) is 15.5. The Balaban J connectivity index is 1.64. The summed E-state index contributed by atoms with van der Waals surface area (Å²) >= 11 is 1.95. The van der Waals surface area contributed by atoms with Crippen molar-refractivity contribution in [1.82, 2.24) is 14.9 Å². The van der Waals surface area contributed by atoms with Crippen molar-refractivity contribution < 1.29 is 4.79 Å². The van der Waals surface area contributed by atoms with Crippen molar-refractivity contribution in [1.29, 1.82) is 0 Å². The van der Waals surface area contributed by atoms with Gasteiger partial charge in [-0.2, -0.15) is 11.8 Å². The lowest BCUT2D eigenvalue weighted by Gasteiger charge is -2.32. The number of nitrogens with one attached hydrogen (secondary N) is 1. The first-order valence-electron chi connectivity index (χ1n) is 7.76. The number of piperazine rings is 1. The maximum absolute atomic E-state index is 11.8. The molecule has 0 bridgehead atoms. The maximum atomic E-state index is 11.8. The molecule has 0 spiro atoms. The van der Waals surface area contributed by atoms with E-state index in [0.717, 1.165) is 30.0 Å². The van der Waals surface area contributed by atoms with Crippen LogP contribution in [0.4, 0.5) is 11.6 Å². The molecule has 1 amide bonds. The Kier molecular flexibility index (Phi) is 4.71. The van der Waals surface area contributed by atoms with Gasteiger partial charge in [-0.05, 0) is 25.5 Å². The average molecular weight is 321 g/mol. The Morgan fingerprint density at radius 2 is 2.18 bits per heavy atom. The molecule has 1 N–H and O–H groups in total. The van der Waals surface area contributed by atoms with Crippen molar-refractivity contribution in [3.8, 4) is 0 Å². The standard InChI is InChI=1S/C15H23N5OS/c1-19-5-6-20(9-15(19)21)14-8-13(16-10-17-14)18-11-3-4-12(7-11)22-2/h8,10-12H,3-7,9H2,1-2H3,(H,16,17,18). The summed E-state index contributed by atoms with van der Waals surface area (Å²) < 4.78 is 0. The quantitative estimate of drug-likeness (QED) is 0.906. The number of carbonyl (C=O) groups excluding carboxylic acids is 1. The molecule has 2 unspecified atom stereocenters. The van der Waals surface area contributed by atoms with E-state index in [2.05, 4.69) is 21.5 Å². The van der Waals surface area contributed by atoms with E-state index in [1.54, 1.807) is 11.2 Å². The van der Waals surface area contributed by atoms with Crippen molar-refractivity contribution >= 4 is 29.3 Å². The van der Waals surface area contributed by atoms with Gasteiger partial charge in [-0.1, -0.05) is 0 Å². The van der Waals surface area contributed by atoms with E-state index >= 15 is 0 Å². The highest BCUT2D eigenvalue weighted by Gasteiger charge is 2.25. The monoisotopic (exact) mass is 321 g/mol. The van der Waals surface area contributed by atoms with Crippen LogP contribution < -0.4 is 10.2 Å². The Labute approximate surface area is 135 Å². The molecule has 7 heteroatoms. The summed E-state index contributed by atoms with van der Waals surface area (Å²) in [5.41, 5.74) is 0. The molecule has 1 saturated carbocycles. The SMILES string of the molecule is CSC1CCC(Nc2cc(N3CCN(C)C(=O)C3)ncn2)C1. The van der Waals surface area contributed by atoms with Gasteiger partial charge < -0.3 is 15.1 Å². The number of amides is 1. The highest BCUT2D eigenvalue weighted by atomic mass is 32.2. The van der Waals surface area contributed by atoms with Crippen LogP contribution in [0.1, 0.15) is 19.3 Å². The molecule has 120 valence electrons. The van der Waals surface area contributed by atoms with E-state index in [1.165, 1.54) is 19.3 Å². The van der Waals surface area contributed by atoms with Crippen LogP contribution in [0.3, 0.4) is 0 Å². The first kappa shape index (κ1) is 15.4. The summed E-state index contributed by atoms with van der Waals surface area (Å²) in [6.45, 7) is 1.95. The number of rotatable bonds is 4. The molecule has 1 aliphatic heterocycles. The molecule has 2 fully saturated rings. The number of hydrogen-bond acceptors (Lipinski definition) is 6. The number of nitrogens with zero attached hydrogens (tertiary/aromatic N) is 4. The second kappa shape index (κ2) is 6.73. The highest BCUT2D eigenvalue weighted by molar-refractivity contribution is 7.99. The lowest BCUT2D eigenvalue weighted by molar-refractivity contribution is -0.129. The third-order valence-corrected chi connectivity index (χ3v) is 5.60. The Morgan fingerprint density at radius 3 is 2.91 bits per heavy atom. The lowest BCUT2D eigenvalue weighted by atomic mass is 10.2. The van der Waals surface area contributed by atoms with Crippen LogP contribution in [0.5, 0.6) is 0 Å². The van der Waals surface area contributed by atoms with E-state index in [9.17, 15) is 4.79 Å². The Hall–Kier alpha value is -1.50. The van der Waals surface area contributed by atoms with Crippen LogP contribution >= 0.6 is 11.8 Å². The molecule has 1 aliphatic carbocycles. The van der Waals surface area contributed by atoms with Crippen LogP contribution in [-0.2, 0) is 4.79 Å². The largest absolute Gasteiger partial charge is 0.367 e. The van der Waals surface area contributed by atoms with E-state index in [1.807, 2.05) is 29.8 Å². The molecule has 2 heterocycles. The van der Waals surface area contributed by atoms with Crippen molar-refractivity contribution in [2.75, 3.05) is 43.2 Å². The first-order valence-corrected chi connectivity index (χ1v) is 9.05. The van der Waals surface area contributed by atoms with Gasteiger partial charge in [0.2, 0.25) is 5.91 Å². The van der Waals surface area contributed by atoms with Crippen LogP contribution in [-0.4, -0.2) is 65.0 Å². The Bertz CT molecular complexity index is 540. The van der Waals surface area contributed by atoms with Gasteiger partial charge in [0.25, 0.3) is 0 Å². The topological polar surface area (TPSA) is 61.4 Å². The summed E-state index contributed by atoms with van der Waals surface area (Å²) in [6.07, 6.45) is 7.41. The smallest absolute Gasteiger partial charge is 0.241 e. The minimum Gasteiger partial charge on any atom is -0.367 e. The second-order valence-electron chi connectivity index (χ2n) is 6.01. The van der Waals surface area contributed by atoms with Crippen LogP contribution in [0.2, 0.25) is 0 Å². The van der Waals surface area contributed by atoms with Crippen molar-refractivity contribution in [2.45, 2.75) is 30.6 Å². The zero-order valence-electron chi connectivity index (χ0n) is 13.2. The fourth-order valence-corrected chi connectivity index (χ4v) is 3.84. The molecule has 3 rings (SSSR count). The maximum Gasteiger partial charge on any atom is 0.241 e. The normalized spacial score (nSPS) is 25.6. The molecule has 22 heavy (non-hydrogen) atoms. The second-order valence-corrected chi connectivity index (χ2v) is 7.15. The van der Waals surface area contributed by atoms with Gasteiger partial charge in [-0.25, -0.2) is 9.97 Å². The molecule has 1 saturated heterocycles. The summed E-state index contributed by atoms with van der Waals surface area (Å²) in [5, 5.41) is 4.28. The van der Waals surface area contributed by atoms with E-state index in [4.69, 9.17) is 0 Å².